The van der Waals surface area contributed by atoms with Crippen LogP contribution in [0.2, 0.25) is 5.02 Å². The molecule has 1 amide bonds. The fourth-order valence-corrected chi connectivity index (χ4v) is 2.02. The molecule has 0 unspecified atom stereocenters. The molecule has 0 aromatic heterocycles. The first kappa shape index (κ1) is 13.3. The number of hydrogen-bond donors (Lipinski definition) is 1. The molecule has 1 aromatic carbocycles. The Morgan fingerprint density at radius 1 is 1.61 bits per heavy atom. The van der Waals surface area contributed by atoms with Crippen LogP contribution < -0.4 is 0 Å². The zero-order chi connectivity index (χ0) is 13.1. The van der Waals surface area contributed by atoms with Gasteiger partial charge in [-0.15, -0.1) is 0 Å². The topological polar surface area (TPSA) is 49.8 Å². The minimum atomic E-state index is -0.567. The highest BCUT2D eigenvalue weighted by Gasteiger charge is 2.25. The third-order valence-corrected chi connectivity index (χ3v) is 3.35. The second-order valence-corrected chi connectivity index (χ2v) is 4.90. The maximum Gasteiger partial charge on any atom is 0.246 e. The largest absolute Gasteiger partial charge is 0.389 e. The molecule has 1 aliphatic rings. The van der Waals surface area contributed by atoms with Crippen molar-refractivity contribution in [2.24, 2.45) is 0 Å². The summed E-state index contributed by atoms with van der Waals surface area (Å²) >= 11 is 6.02. The Hall–Kier alpha value is -1.10. The molecule has 98 valence electrons. The number of nitrogens with zero attached hydrogens (tertiary/aromatic N) is 1. The van der Waals surface area contributed by atoms with Crippen molar-refractivity contribution in [3.05, 3.63) is 34.3 Å². The first-order chi connectivity index (χ1) is 8.56. The van der Waals surface area contributed by atoms with Gasteiger partial charge in [-0.3, -0.25) is 9.63 Å². The van der Waals surface area contributed by atoms with Gasteiger partial charge in [0.25, 0.3) is 0 Å². The minimum absolute atomic E-state index is 0.108. The van der Waals surface area contributed by atoms with E-state index in [1.807, 2.05) is 25.1 Å². The third kappa shape index (κ3) is 3.22. The molecule has 1 aliphatic heterocycles. The molecule has 1 atom stereocenters. The first-order valence-electron chi connectivity index (χ1n) is 5.92. The number of benzene rings is 1. The lowest BCUT2D eigenvalue weighted by Crippen LogP contribution is -2.28. The lowest BCUT2D eigenvalue weighted by Gasteiger charge is -2.13. The molecule has 0 aliphatic carbocycles. The number of rotatable bonds is 3. The van der Waals surface area contributed by atoms with Crippen LogP contribution >= 0.6 is 11.6 Å². The average Bonchev–Trinajstić information content (AvgIpc) is 2.77. The van der Waals surface area contributed by atoms with Crippen molar-refractivity contribution in [2.75, 3.05) is 13.2 Å². The second kappa shape index (κ2) is 5.69. The highest BCUT2D eigenvalue weighted by atomic mass is 35.5. The van der Waals surface area contributed by atoms with Crippen LogP contribution in [-0.2, 0) is 16.1 Å². The number of halogens is 1. The predicted molar refractivity (Wildman–Crippen MR) is 68.2 cm³/mol. The molecule has 1 N–H and O–H groups in total. The van der Waals surface area contributed by atoms with Crippen LogP contribution in [0.25, 0.3) is 0 Å². The standard InChI is InChI=1S/C13H16ClNO3/c1-9-2-3-10(6-12(9)14)4-5-13(17)15-7-11(16)8-18-15/h2-3,6,11,16H,4-5,7-8H2,1H3/t11-/m0/s1. The molecule has 2 rings (SSSR count). The fourth-order valence-electron chi connectivity index (χ4n) is 1.81. The number of aliphatic hydroxyl groups excluding tert-OH is 1. The van der Waals surface area contributed by atoms with E-state index in [9.17, 15) is 9.90 Å². The highest BCUT2D eigenvalue weighted by Crippen LogP contribution is 2.18. The van der Waals surface area contributed by atoms with Gasteiger partial charge in [0.15, 0.2) is 0 Å². The van der Waals surface area contributed by atoms with E-state index in [0.29, 0.717) is 17.9 Å². The summed E-state index contributed by atoms with van der Waals surface area (Å²) < 4.78 is 0. The molecule has 1 saturated heterocycles. The van der Waals surface area contributed by atoms with Crippen molar-refractivity contribution in [3.8, 4) is 0 Å². The summed E-state index contributed by atoms with van der Waals surface area (Å²) in [6.45, 7) is 2.40. The summed E-state index contributed by atoms with van der Waals surface area (Å²) in [5, 5.41) is 11.2. The molecule has 0 spiro atoms. The Morgan fingerprint density at radius 2 is 2.39 bits per heavy atom. The van der Waals surface area contributed by atoms with Gasteiger partial charge in [0, 0.05) is 11.4 Å². The van der Waals surface area contributed by atoms with Crippen molar-refractivity contribution >= 4 is 17.5 Å². The maximum atomic E-state index is 11.8. The van der Waals surface area contributed by atoms with Crippen LogP contribution in [0.5, 0.6) is 0 Å². The van der Waals surface area contributed by atoms with Gasteiger partial charge in [0.2, 0.25) is 5.91 Å². The van der Waals surface area contributed by atoms with Crippen molar-refractivity contribution in [1.29, 1.82) is 0 Å². The minimum Gasteiger partial charge on any atom is -0.389 e. The molecule has 18 heavy (non-hydrogen) atoms. The van der Waals surface area contributed by atoms with Gasteiger partial charge in [0.1, 0.15) is 6.61 Å². The highest BCUT2D eigenvalue weighted by molar-refractivity contribution is 6.31. The van der Waals surface area contributed by atoms with Crippen LogP contribution in [0.1, 0.15) is 17.5 Å². The Balaban J connectivity index is 1.87. The van der Waals surface area contributed by atoms with E-state index in [1.165, 1.54) is 5.06 Å². The van der Waals surface area contributed by atoms with E-state index in [0.717, 1.165) is 11.1 Å². The Morgan fingerprint density at radius 3 is 3.00 bits per heavy atom. The number of amides is 1. The lowest BCUT2D eigenvalue weighted by molar-refractivity contribution is -0.168. The Labute approximate surface area is 111 Å². The monoisotopic (exact) mass is 269 g/mol. The quantitative estimate of drug-likeness (QED) is 0.909. The number of aryl methyl sites for hydroxylation is 2. The van der Waals surface area contributed by atoms with Gasteiger partial charge < -0.3 is 5.11 Å². The molecule has 1 fully saturated rings. The van der Waals surface area contributed by atoms with E-state index < -0.39 is 6.10 Å². The molecule has 4 nitrogen and oxygen atoms in total. The van der Waals surface area contributed by atoms with E-state index >= 15 is 0 Å². The lowest BCUT2D eigenvalue weighted by atomic mass is 10.1. The van der Waals surface area contributed by atoms with Crippen LogP contribution in [0.3, 0.4) is 0 Å². The fraction of sp³-hybridized carbons (Fsp3) is 0.462. The zero-order valence-electron chi connectivity index (χ0n) is 10.2. The zero-order valence-corrected chi connectivity index (χ0v) is 11.0. The molecular weight excluding hydrogens is 254 g/mol. The van der Waals surface area contributed by atoms with Gasteiger partial charge >= 0.3 is 0 Å². The van der Waals surface area contributed by atoms with E-state index in [-0.39, 0.29) is 19.1 Å². The van der Waals surface area contributed by atoms with Gasteiger partial charge in [0.05, 0.1) is 12.6 Å². The molecule has 0 radical (unpaired) electrons. The molecular formula is C13H16ClNO3. The molecule has 0 saturated carbocycles. The van der Waals surface area contributed by atoms with Crippen molar-refractivity contribution in [2.45, 2.75) is 25.9 Å². The van der Waals surface area contributed by atoms with Crippen LogP contribution in [0, 0.1) is 6.92 Å². The molecule has 0 bridgehead atoms. The van der Waals surface area contributed by atoms with Gasteiger partial charge in [-0.25, -0.2) is 5.06 Å². The van der Waals surface area contributed by atoms with Crippen molar-refractivity contribution in [3.63, 3.8) is 0 Å². The summed E-state index contributed by atoms with van der Waals surface area (Å²) in [4.78, 5) is 16.8. The smallest absolute Gasteiger partial charge is 0.246 e. The van der Waals surface area contributed by atoms with E-state index in [2.05, 4.69) is 0 Å². The number of hydrogen-bond acceptors (Lipinski definition) is 3. The van der Waals surface area contributed by atoms with E-state index in [1.54, 1.807) is 0 Å². The summed E-state index contributed by atoms with van der Waals surface area (Å²) in [5.41, 5.74) is 2.05. The maximum absolute atomic E-state index is 11.8. The van der Waals surface area contributed by atoms with Crippen LogP contribution in [-0.4, -0.2) is 35.3 Å². The molecule has 1 heterocycles. The average molecular weight is 270 g/mol. The second-order valence-electron chi connectivity index (χ2n) is 4.49. The normalized spacial score (nSPS) is 19.3. The summed E-state index contributed by atoms with van der Waals surface area (Å²) in [5.74, 6) is -0.108. The third-order valence-electron chi connectivity index (χ3n) is 2.94. The SMILES string of the molecule is Cc1ccc(CCC(=O)N2C[C@H](O)CO2)cc1Cl. The summed E-state index contributed by atoms with van der Waals surface area (Å²) in [6, 6.07) is 5.79. The van der Waals surface area contributed by atoms with Crippen molar-refractivity contribution in [1.82, 2.24) is 5.06 Å². The number of carbonyl (C=O) groups excluding carboxylic acids is 1. The molecule has 1 aromatic rings. The van der Waals surface area contributed by atoms with Gasteiger partial charge in [-0.1, -0.05) is 23.7 Å². The number of carbonyl (C=O) groups is 1. The number of aliphatic hydroxyl groups is 1. The number of β-amino-alcohol motifs (C(OH)–C–C–N with tert-alkyl or cyclic N) is 1. The first-order valence-corrected chi connectivity index (χ1v) is 6.30. The Kier molecular flexibility index (Phi) is 4.22. The van der Waals surface area contributed by atoms with Crippen LogP contribution in [0.4, 0.5) is 0 Å². The van der Waals surface area contributed by atoms with E-state index in [4.69, 9.17) is 16.4 Å². The summed E-state index contributed by atoms with van der Waals surface area (Å²) in [7, 11) is 0. The van der Waals surface area contributed by atoms with Crippen LogP contribution in [0.15, 0.2) is 18.2 Å². The molecule has 5 heteroatoms. The van der Waals surface area contributed by atoms with Gasteiger partial charge in [-0.2, -0.15) is 0 Å². The predicted octanol–water partition coefficient (Wildman–Crippen LogP) is 1.72. The Bertz CT molecular complexity index is 450. The van der Waals surface area contributed by atoms with Crippen molar-refractivity contribution < 1.29 is 14.7 Å². The number of hydroxylamine groups is 2. The summed E-state index contributed by atoms with van der Waals surface area (Å²) in [6.07, 6.45) is 0.406. The van der Waals surface area contributed by atoms with Gasteiger partial charge in [-0.05, 0) is 30.5 Å².